The third-order valence-electron chi connectivity index (χ3n) is 1.06. The van der Waals surface area contributed by atoms with E-state index in [9.17, 15) is 0 Å². The third kappa shape index (κ3) is 15.8. The molecule has 0 aliphatic carbocycles. The molecule has 0 saturated carbocycles. The van der Waals surface area contributed by atoms with Crippen LogP contribution < -0.4 is 0 Å². The van der Waals surface area contributed by atoms with Gasteiger partial charge in [-0.2, -0.15) is 11.8 Å². The van der Waals surface area contributed by atoms with Gasteiger partial charge < -0.3 is 0 Å². The van der Waals surface area contributed by atoms with Crippen LogP contribution in [0.1, 0.15) is 41.0 Å². The lowest BCUT2D eigenvalue weighted by Gasteiger charge is -2.16. The number of rotatable bonds is 2. The van der Waals surface area contributed by atoms with Crippen LogP contribution in [0.15, 0.2) is 0 Å². The van der Waals surface area contributed by atoms with Gasteiger partial charge in [-0.15, -0.1) is 0 Å². The first-order valence-electron chi connectivity index (χ1n) is 4.05. The Morgan fingerprint density at radius 2 is 1.50 bits per heavy atom. The average Bonchev–Trinajstić information content (AvgIpc) is 1.87. The molecule has 0 spiro atoms. The Kier molecular flexibility index (Phi) is 9.68. The van der Waals surface area contributed by atoms with E-state index in [0.717, 1.165) is 0 Å². The molecular weight excluding hydrogens is 140 g/mol. The van der Waals surface area contributed by atoms with Crippen LogP contribution in [0.2, 0.25) is 0 Å². The smallest absolute Gasteiger partial charge is 0.00653 e. The zero-order chi connectivity index (χ0) is 8.62. The summed E-state index contributed by atoms with van der Waals surface area (Å²) < 4.78 is 0. The lowest BCUT2D eigenvalue weighted by molar-refractivity contribution is 0.401. The van der Waals surface area contributed by atoms with Crippen LogP contribution in [0.25, 0.3) is 0 Å². The zero-order valence-corrected chi connectivity index (χ0v) is 9.14. The highest BCUT2D eigenvalue weighted by Gasteiger charge is 2.07. The second-order valence-corrected chi connectivity index (χ2v) is 4.29. The largest absolute Gasteiger partial charge is 0.165 e. The molecule has 0 aliphatic rings. The maximum Gasteiger partial charge on any atom is -0.00653 e. The average molecular weight is 162 g/mol. The highest BCUT2D eigenvalue weighted by atomic mass is 32.2. The van der Waals surface area contributed by atoms with Crippen LogP contribution in [-0.4, -0.2) is 12.0 Å². The molecule has 0 atom stereocenters. The van der Waals surface area contributed by atoms with Crippen molar-refractivity contribution in [3.63, 3.8) is 0 Å². The first-order valence-corrected chi connectivity index (χ1v) is 5.44. The van der Waals surface area contributed by atoms with Crippen molar-refractivity contribution >= 4 is 11.8 Å². The molecule has 0 nitrogen and oxygen atoms in total. The molecule has 0 saturated heterocycles. The summed E-state index contributed by atoms with van der Waals surface area (Å²) in [5.41, 5.74) is 0.531. The van der Waals surface area contributed by atoms with Crippen molar-refractivity contribution in [3.05, 3.63) is 0 Å². The maximum absolute atomic E-state index is 2.28. The zero-order valence-electron chi connectivity index (χ0n) is 8.32. The van der Waals surface area contributed by atoms with Gasteiger partial charge in [0.1, 0.15) is 0 Å². The van der Waals surface area contributed by atoms with Gasteiger partial charge in [0, 0.05) is 0 Å². The van der Waals surface area contributed by atoms with E-state index in [2.05, 4.69) is 27.0 Å². The first-order chi connectivity index (χ1) is 4.56. The molecule has 0 N–H and O–H groups in total. The first kappa shape index (κ1) is 13.0. The highest BCUT2D eigenvalue weighted by Crippen LogP contribution is 2.19. The fraction of sp³-hybridized carbons (Fsp3) is 1.00. The Hall–Kier alpha value is 0.350. The molecule has 0 aromatic heterocycles. The molecule has 0 amide bonds. The molecule has 0 heterocycles. The Labute approximate surface area is 70.8 Å². The van der Waals surface area contributed by atoms with E-state index >= 15 is 0 Å². The van der Waals surface area contributed by atoms with Gasteiger partial charge in [-0.25, -0.2) is 0 Å². The maximum atomic E-state index is 2.28. The Bertz CT molecular complexity index is 52.2. The van der Waals surface area contributed by atoms with Crippen LogP contribution in [0.5, 0.6) is 0 Å². The summed E-state index contributed by atoms with van der Waals surface area (Å²) >= 11 is 1.93. The molecular formula is C9H22S. The summed E-state index contributed by atoms with van der Waals surface area (Å²) in [5.74, 6) is 1.30. The summed E-state index contributed by atoms with van der Waals surface area (Å²) in [6.45, 7) is 10.8. The van der Waals surface area contributed by atoms with E-state index in [1.165, 1.54) is 12.2 Å². The topological polar surface area (TPSA) is 0 Å². The quantitative estimate of drug-likeness (QED) is 0.595. The lowest BCUT2D eigenvalue weighted by atomic mass is 9.94. The SMILES string of the molecule is CC.CSCCC(C)(C)C. The molecule has 0 unspecified atom stereocenters. The predicted octanol–water partition coefficient (Wildman–Crippen LogP) is 3.81. The number of hydrogen-bond acceptors (Lipinski definition) is 1. The Balaban J connectivity index is 0. The van der Waals surface area contributed by atoms with Gasteiger partial charge in [0.15, 0.2) is 0 Å². The molecule has 0 aromatic rings. The standard InChI is InChI=1S/C7H16S.C2H6/c1-7(2,3)5-6-8-4;1-2/h5-6H2,1-4H3;1-2H3. The second-order valence-electron chi connectivity index (χ2n) is 3.30. The molecule has 0 rings (SSSR count). The predicted molar refractivity (Wildman–Crippen MR) is 53.8 cm³/mol. The minimum absolute atomic E-state index is 0.531. The van der Waals surface area contributed by atoms with Crippen molar-refractivity contribution < 1.29 is 0 Å². The molecule has 10 heavy (non-hydrogen) atoms. The molecule has 0 bridgehead atoms. The lowest BCUT2D eigenvalue weighted by Crippen LogP contribution is -2.05. The van der Waals surface area contributed by atoms with Gasteiger partial charge in [0.2, 0.25) is 0 Å². The molecule has 0 aromatic carbocycles. The minimum atomic E-state index is 0.531. The van der Waals surface area contributed by atoms with Crippen molar-refractivity contribution in [3.8, 4) is 0 Å². The van der Waals surface area contributed by atoms with Gasteiger partial charge in [-0.3, -0.25) is 0 Å². The molecule has 0 fully saturated rings. The summed E-state index contributed by atoms with van der Waals surface area (Å²) in [6.07, 6.45) is 3.49. The van der Waals surface area contributed by atoms with Crippen molar-refractivity contribution in [2.75, 3.05) is 12.0 Å². The van der Waals surface area contributed by atoms with Crippen LogP contribution >= 0.6 is 11.8 Å². The highest BCUT2D eigenvalue weighted by molar-refractivity contribution is 7.98. The van der Waals surface area contributed by atoms with Crippen LogP contribution in [-0.2, 0) is 0 Å². The second kappa shape index (κ2) is 7.46. The van der Waals surface area contributed by atoms with Gasteiger partial charge >= 0.3 is 0 Å². The molecule has 1 heteroatoms. The molecule has 64 valence electrons. The normalized spacial score (nSPS) is 10.2. The Morgan fingerprint density at radius 1 is 1.10 bits per heavy atom. The van der Waals surface area contributed by atoms with E-state index < -0.39 is 0 Å². The monoisotopic (exact) mass is 162 g/mol. The van der Waals surface area contributed by atoms with E-state index in [4.69, 9.17) is 0 Å². The van der Waals surface area contributed by atoms with Crippen molar-refractivity contribution in [1.29, 1.82) is 0 Å². The van der Waals surface area contributed by atoms with Gasteiger partial charge in [-0.1, -0.05) is 34.6 Å². The van der Waals surface area contributed by atoms with Crippen molar-refractivity contribution in [2.45, 2.75) is 41.0 Å². The fourth-order valence-electron chi connectivity index (χ4n) is 0.408. The van der Waals surface area contributed by atoms with Crippen LogP contribution in [0.3, 0.4) is 0 Å². The Morgan fingerprint density at radius 3 is 1.60 bits per heavy atom. The molecule has 0 aliphatic heterocycles. The number of thioether (sulfide) groups is 1. The van der Waals surface area contributed by atoms with Gasteiger partial charge in [-0.05, 0) is 23.8 Å². The van der Waals surface area contributed by atoms with E-state index in [1.807, 2.05) is 25.6 Å². The van der Waals surface area contributed by atoms with E-state index in [0.29, 0.717) is 5.41 Å². The number of hydrogen-bond donors (Lipinski definition) is 0. The van der Waals surface area contributed by atoms with Crippen molar-refractivity contribution in [2.24, 2.45) is 5.41 Å². The summed E-state index contributed by atoms with van der Waals surface area (Å²) in [7, 11) is 0. The molecule has 0 radical (unpaired) electrons. The minimum Gasteiger partial charge on any atom is -0.165 e. The van der Waals surface area contributed by atoms with E-state index in [1.54, 1.807) is 0 Å². The van der Waals surface area contributed by atoms with Gasteiger partial charge in [0.25, 0.3) is 0 Å². The summed E-state index contributed by atoms with van der Waals surface area (Å²) in [6, 6.07) is 0. The van der Waals surface area contributed by atoms with Crippen LogP contribution in [0.4, 0.5) is 0 Å². The van der Waals surface area contributed by atoms with Crippen molar-refractivity contribution in [1.82, 2.24) is 0 Å². The van der Waals surface area contributed by atoms with Crippen LogP contribution in [0, 0.1) is 5.41 Å². The fourth-order valence-corrected chi connectivity index (χ4v) is 1.22. The summed E-state index contributed by atoms with van der Waals surface area (Å²) in [5, 5.41) is 0. The summed E-state index contributed by atoms with van der Waals surface area (Å²) in [4.78, 5) is 0. The third-order valence-corrected chi connectivity index (χ3v) is 1.67. The van der Waals surface area contributed by atoms with E-state index in [-0.39, 0.29) is 0 Å². The van der Waals surface area contributed by atoms with Gasteiger partial charge in [0.05, 0.1) is 0 Å².